The molecule has 0 radical (unpaired) electrons. The number of aromatic nitrogens is 2. The number of hydrogen-bond donors (Lipinski definition) is 2. The van der Waals surface area contributed by atoms with Crippen molar-refractivity contribution in [2.45, 2.75) is 18.9 Å². The van der Waals surface area contributed by atoms with Gasteiger partial charge in [0.1, 0.15) is 5.69 Å². The minimum absolute atomic E-state index is 0.160. The normalized spacial score (nSPS) is 15.5. The molecule has 0 saturated carbocycles. The van der Waals surface area contributed by atoms with Gasteiger partial charge in [0.25, 0.3) is 11.5 Å². The molecule has 114 valence electrons. The molecule has 2 aromatic rings. The zero-order valence-corrected chi connectivity index (χ0v) is 12.2. The first-order chi connectivity index (χ1) is 10.7. The Morgan fingerprint density at radius 2 is 1.86 bits per heavy atom. The van der Waals surface area contributed by atoms with Crippen molar-refractivity contribution in [1.29, 1.82) is 0 Å². The van der Waals surface area contributed by atoms with Crippen LogP contribution in [0.15, 0.2) is 47.3 Å². The number of benzene rings is 1. The second-order valence-electron chi connectivity index (χ2n) is 5.30. The van der Waals surface area contributed by atoms with Crippen LogP contribution in [0.4, 0.5) is 0 Å². The van der Waals surface area contributed by atoms with Gasteiger partial charge in [-0.25, -0.2) is 0 Å². The maximum atomic E-state index is 12.3. The largest absolute Gasteiger partial charge is 0.348 e. The van der Waals surface area contributed by atoms with Crippen molar-refractivity contribution in [3.63, 3.8) is 0 Å². The highest BCUT2D eigenvalue weighted by atomic mass is 16.2. The van der Waals surface area contributed by atoms with Crippen molar-refractivity contribution in [3.8, 4) is 5.69 Å². The van der Waals surface area contributed by atoms with Crippen molar-refractivity contribution in [2.75, 3.05) is 13.1 Å². The van der Waals surface area contributed by atoms with Crippen molar-refractivity contribution in [3.05, 3.63) is 58.5 Å². The van der Waals surface area contributed by atoms with Crippen LogP contribution >= 0.6 is 0 Å². The molecule has 2 heterocycles. The molecule has 1 fully saturated rings. The molecular formula is C16H18N4O2. The summed E-state index contributed by atoms with van der Waals surface area (Å²) < 4.78 is 1.25. The first-order valence-corrected chi connectivity index (χ1v) is 7.41. The average molecular weight is 298 g/mol. The van der Waals surface area contributed by atoms with E-state index in [-0.39, 0.29) is 23.2 Å². The second-order valence-corrected chi connectivity index (χ2v) is 5.30. The number of hydrogen-bond acceptors (Lipinski definition) is 4. The minimum atomic E-state index is -0.260. The van der Waals surface area contributed by atoms with E-state index in [0.29, 0.717) is 5.69 Å². The number of carbonyl (C=O) groups is 1. The fourth-order valence-corrected chi connectivity index (χ4v) is 2.51. The molecule has 0 bridgehead atoms. The van der Waals surface area contributed by atoms with Crippen LogP contribution in [-0.2, 0) is 0 Å². The summed E-state index contributed by atoms with van der Waals surface area (Å²) in [6.07, 6.45) is 1.81. The van der Waals surface area contributed by atoms with E-state index in [1.165, 1.54) is 16.8 Å². The van der Waals surface area contributed by atoms with E-state index in [0.717, 1.165) is 25.9 Å². The Hall–Kier alpha value is -2.47. The van der Waals surface area contributed by atoms with Crippen molar-refractivity contribution < 1.29 is 4.79 Å². The van der Waals surface area contributed by atoms with Gasteiger partial charge in [-0.15, -0.1) is 0 Å². The summed E-state index contributed by atoms with van der Waals surface area (Å²) >= 11 is 0. The van der Waals surface area contributed by atoms with Gasteiger partial charge in [0.05, 0.1) is 5.69 Å². The average Bonchev–Trinajstić information content (AvgIpc) is 2.57. The van der Waals surface area contributed by atoms with Crippen LogP contribution in [0.3, 0.4) is 0 Å². The van der Waals surface area contributed by atoms with Gasteiger partial charge in [0.15, 0.2) is 0 Å². The molecule has 0 atom stereocenters. The van der Waals surface area contributed by atoms with Gasteiger partial charge < -0.3 is 10.6 Å². The molecule has 1 aliphatic rings. The third-order valence-corrected chi connectivity index (χ3v) is 3.71. The van der Waals surface area contributed by atoms with E-state index in [4.69, 9.17) is 0 Å². The van der Waals surface area contributed by atoms with Crippen LogP contribution in [0, 0.1) is 0 Å². The van der Waals surface area contributed by atoms with Gasteiger partial charge in [0.2, 0.25) is 0 Å². The Morgan fingerprint density at radius 1 is 1.14 bits per heavy atom. The van der Waals surface area contributed by atoms with E-state index in [1.54, 1.807) is 12.1 Å². The minimum Gasteiger partial charge on any atom is -0.348 e. The highest BCUT2D eigenvalue weighted by molar-refractivity contribution is 5.92. The molecule has 2 N–H and O–H groups in total. The second kappa shape index (κ2) is 6.53. The SMILES string of the molecule is O=C(NC1CCNCC1)c1ccc(=O)n(-c2ccccc2)n1. The fourth-order valence-electron chi connectivity index (χ4n) is 2.51. The molecule has 6 nitrogen and oxygen atoms in total. The van der Waals surface area contributed by atoms with Gasteiger partial charge in [-0.05, 0) is 44.1 Å². The Balaban J connectivity index is 1.82. The van der Waals surface area contributed by atoms with E-state index >= 15 is 0 Å². The molecule has 1 saturated heterocycles. The fraction of sp³-hybridized carbons (Fsp3) is 0.312. The van der Waals surface area contributed by atoms with Crippen LogP contribution in [0.25, 0.3) is 5.69 Å². The Bertz CT molecular complexity index is 706. The quantitative estimate of drug-likeness (QED) is 0.875. The van der Waals surface area contributed by atoms with E-state index < -0.39 is 0 Å². The van der Waals surface area contributed by atoms with Crippen molar-refractivity contribution in [1.82, 2.24) is 20.4 Å². The number of piperidine rings is 1. The first kappa shape index (κ1) is 14.5. The molecule has 3 rings (SSSR count). The molecule has 1 aliphatic heterocycles. The lowest BCUT2D eigenvalue weighted by Gasteiger charge is -2.23. The van der Waals surface area contributed by atoms with Crippen LogP contribution < -0.4 is 16.2 Å². The number of carbonyl (C=O) groups excluding carboxylic acids is 1. The Morgan fingerprint density at radius 3 is 2.59 bits per heavy atom. The summed E-state index contributed by atoms with van der Waals surface area (Å²) in [4.78, 5) is 24.2. The molecule has 1 aromatic heterocycles. The third-order valence-electron chi connectivity index (χ3n) is 3.71. The molecule has 0 spiro atoms. The van der Waals surface area contributed by atoms with Gasteiger partial charge >= 0.3 is 0 Å². The predicted octanol–water partition coefficient (Wildman–Crippen LogP) is 0.714. The molecule has 1 amide bonds. The summed E-state index contributed by atoms with van der Waals surface area (Å²) in [6.45, 7) is 1.81. The van der Waals surface area contributed by atoms with E-state index in [9.17, 15) is 9.59 Å². The maximum Gasteiger partial charge on any atom is 0.271 e. The summed E-state index contributed by atoms with van der Waals surface area (Å²) in [6, 6.07) is 12.1. The van der Waals surface area contributed by atoms with Crippen molar-refractivity contribution >= 4 is 5.91 Å². The number of nitrogens with zero attached hydrogens (tertiary/aromatic N) is 2. The smallest absolute Gasteiger partial charge is 0.271 e. The first-order valence-electron chi connectivity index (χ1n) is 7.41. The van der Waals surface area contributed by atoms with Gasteiger partial charge in [0, 0.05) is 12.1 Å². The molecule has 0 aliphatic carbocycles. The number of rotatable bonds is 3. The predicted molar refractivity (Wildman–Crippen MR) is 83.2 cm³/mol. The van der Waals surface area contributed by atoms with Crippen LogP contribution in [-0.4, -0.2) is 34.8 Å². The molecule has 6 heteroatoms. The summed E-state index contributed by atoms with van der Waals surface area (Å²) in [5.41, 5.74) is 0.635. The van der Waals surface area contributed by atoms with Crippen molar-refractivity contribution in [2.24, 2.45) is 0 Å². The molecule has 22 heavy (non-hydrogen) atoms. The van der Waals surface area contributed by atoms with Gasteiger partial charge in [-0.3, -0.25) is 9.59 Å². The summed E-state index contributed by atoms with van der Waals surface area (Å²) in [5.74, 6) is -0.239. The lowest BCUT2D eigenvalue weighted by molar-refractivity contribution is 0.0922. The number of para-hydroxylation sites is 1. The molecular weight excluding hydrogens is 280 g/mol. The summed E-state index contributed by atoms with van der Waals surface area (Å²) in [7, 11) is 0. The number of nitrogens with one attached hydrogen (secondary N) is 2. The van der Waals surface area contributed by atoms with Gasteiger partial charge in [-0.2, -0.15) is 9.78 Å². The van der Waals surface area contributed by atoms with Crippen LogP contribution in [0.1, 0.15) is 23.3 Å². The van der Waals surface area contributed by atoms with Gasteiger partial charge in [-0.1, -0.05) is 18.2 Å². The standard InChI is InChI=1S/C16H18N4O2/c21-15-7-6-14(16(22)18-12-8-10-17-11-9-12)19-20(15)13-4-2-1-3-5-13/h1-7,12,17H,8-11H2,(H,18,22). The Kier molecular flexibility index (Phi) is 4.29. The monoisotopic (exact) mass is 298 g/mol. The topological polar surface area (TPSA) is 76.0 Å². The lowest BCUT2D eigenvalue weighted by Crippen LogP contribution is -2.43. The van der Waals surface area contributed by atoms with E-state index in [1.807, 2.05) is 18.2 Å². The molecule has 0 unspecified atom stereocenters. The molecule has 1 aromatic carbocycles. The Labute approximate surface area is 128 Å². The van der Waals surface area contributed by atoms with Crippen LogP contribution in [0.5, 0.6) is 0 Å². The van der Waals surface area contributed by atoms with Crippen LogP contribution in [0.2, 0.25) is 0 Å². The lowest BCUT2D eigenvalue weighted by atomic mass is 10.1. The summed E-state index contributed by atoms with van der Waals surface area (Å²) in [5, 5.41) is 10.4. The highest BCUT2D eigenvalue weighted by Crippen LogP contribution is 2.05. The highest BCUT2D eigenvalue weighted by Gasteiger charge is 2.17. The number of amides is 1. The zero-order valence-electron chi connectivity index (χ0n) is 12.2. The third kappa shape index (κ3) is 3.23. The zero-order chi connectivity index (χ0) is 15.4. The van der Waals surface area contributed by atoms with E-state index in [2.05, 4.69) is 15.7 Å². The maximum absolute atomic E-state index is 12.3.